The lowest BCUT2D eigenvalue weighted by Gasteiger charge is -2.28. The Balaban J connectivity index is 2.09. The molecule has 0 amide bonds. The Morgan fingerprint density at radius 2 is 1.68 bits per heavy atom. The van der Waals surface area contributed by atoms with E-state index in [0.717, 1.165) is 18.5 Å². The van der Waals surface area contributed by atoms with E-state index in [-0.39, 0.29) is 5.66 Å². The van der Waals surface area contributed by atoms with Crippen molar-refractivity contribution in [1.29, 1.82) is 0 Å². The van der Waals surface area contributed by atoms with Crippen LogP contribution in [0.5, 0.6) is 0 Å². The maximum Gasteiger partial charge on any atom is 0.115 e. The van der Waals surface area contributed by atoms with Gasteiger partial charge in [0.15, 0.2) is 0 Å². The Hall–Kier alpha value is -2.22. The van der Waals surface area contributed by atoms with Gasteiger partial charge in [0.1, 0.15) is 5.66 Å². The molecule has 0 unspecified atom stereocenters. The predicted molar refractivity (Wildman–Crippen MR) is 83.6 cm³/mol. The number of benzene rings is 2. The van der Waals surface area contributed by atoms with Crippen molar-refractivity contribution in [3.8, 4) is 0 Å². The Kier molecular flexibility index (Phi) is 2.79. The van der Waals surface area contributed by atoms with Crippen molar-refractivity contribution in [3.63, 3.8) is 0 Å². The quantitative estimate of drug-likeness (QED) is 0.779. The van der Waals surface area contributed by atoms with E-state index in [0.29, 0.717) is 0 Å². The molecular weight excluding hydrogens is 232 g/mol. The summed E-state index contributed by atoms with van der Waals surface area (Å²) in [4.78, 5) is 0. The van der Waals surface area contributed by atoms with E-state index in [4.69, 9.17) is 0 Å². The summed E-state index contributed by atoms with van der Waals surface area (Å²) < 4.78 is 0. The van der Waals surface area contributed by atoms with Crippen LogP contribution in [-0.4, -0.2) is 5.66 Å². The minimum absolute atomic E-state index is 0.185. The molecule has 1 aliphatic heterocycles. The van der Waals surface area contributed by atoms with E-state index in [2.05, 4.69) is 60.2 Å². The van der Waals surface area contributed by atoms with Gasteiger partial charge in [0.05, 0.1) is 11.4 Å². The normalized spacial score (nSPS) is 15.4. The Morgan fingerprint density at radius 3 is 2.42 bits per heavy atom. The van der Waals surface area contributed by atoms with Crippen molar-refractivity contribution in [1.82, 2.24) is 0 Å². The first-order valence-corrected chi connectivity index (χ1v) is 6.58. The van der Waals surface area contributed by atoms with Gasteiger partial charge in [0.25, 0.3) is 0 Å². The minimum Gasteiger partial charge on any atom is -0.361 e. The van der Waals surface area contributed by atoms with Gasteiger partial charge in [-0.3, -0.25) is 0 Å². The largest absolute Gasteiger partial charge is 0.361 e. The minimum atomic E-state index is -0.185. The van der Waals surface area contributed by atoms with E-state index in [9.17, 15) is 0 Å². The molecule has 2 aromatic carbocycles. The molecule has 1 heterocycles. The number of anilines is 2. The molecule has 2 heteroatoms. The van der Waals surface area contributed by atoms with E-state index < -0.39 is 0 Å². The highest BCUT2D eigenvalue weighted by atomic mass is 15.3. The molecule has 0 aliphatic carbocycles. The third kappa shape index (κ3) is 1.89. The second-order valence-electron chi connectivity index (χ2n) is 5.03. The van der Waals surface area contributed by atoms with Crippen LogP contribution in [0.25, 0.3) is 10.8 Å². The molecule has 0 saturated carbocycles. The highest BCUT2D eigenvalue weighted by molar-refractivity contribution is 6.02. The molecule has 96 valence electrons. The van der Waals surface area contributed by atoms with Crippen molar-refractivity contribution in [2.45, 2.75) is 18.5 Å². The molecule has 3 rings (SSSR count). The monoisotopic (exact) mass is 250 g/mol. The molecule has 0 radical (unpaired) electrons. The van der Waals surface area contributed by atoms with Crippen LogP contribution in [0.15, 0.2) is 61.7 Å². The topological polar surface area (TPSA) is 24.1 Å². The lowest BCUT2D eigenvalue weighted by Crippen LogP contribution is -2.40. The molecule has 19 heavy (non-hydrogen) atoms. The molecule has 2 N–H and O–H groups in total. The fraction of sp³-hybridized carbons (Fsp3) is 0.176. The number of rotatable bonds is 4. The summed E-state index contributed by atoms with van der Waals surface area (Å²) in [6.07, 6.45) is 5.58. The molecular formula is C17H18N2. The van der Waals surface area contributed by atoms with Crippen LogP contribution in [0.1, 0.15) is 12.8 Å². The lowest BCUT2D eigenvalue weighted by molar-refractivity contribution is 0.560. The number of fused-ring (bicyclic) bond motifs is 3. The zero-order chi connectivity index (χ0) is 13.3. The van der Waals surface area contributed by atoms with E-state index in [1.807, 2.05) is 12.2 Å². The van der Waals surface area contributed by atoms with Crippen molar-refractivity contribution in [3.05, 3.63) is 61.7 Å². The zero-order valence-corrected chi connectivity index (χ0v) is 10.9. The molecule has 2 nitrogen and oxygen atoms in total. The molecule has 0 spiro atoms. The van der Waals surface area contributed by atoms with Crippen LogP contribution in [0.2, 0.25) is 0 Å². The van der Waals surface area contributed by atoms with Crippen LogP contribution in [0.3, 0.4) is 0 Å². The summed E-state index contributed by atoms with van der Waals surface area (Å²) in [5.74, 6) is 0. The predicted octanol–water partition coefficient (Wildman–Crippen LogP) is 4.53. The van der Waals surface area contributed by atoms with Crippen LogP contribution in [0, 0.1) is 0 Å². The molecule has 2 aromatic rings. The van der Waals surface area contributed by atoms with Gasteiger partial charge in [0, 0.05) is 18.2 Å². The molecule has 1 aliphatic rings. The van der Waals surface area contributed by atoms with Gasteiger partial charge in [-0.25, -0.2) is 0 Å². The summed E-state index contributed by atoms with van der Waals surface area (Å²) in [5.41, 5.74) is 2.15. The lowest BCUT2D eigenvalue weighted by atomic mass is 10.0. The third-order valence-corrected chi connectivity index (χ3v) is 3.65. The summed E-state index contributed by atoms with van der Waals surface area (Å²) >= 11 is 0. The second kappa shape index (κ2) is 4.47. The van der Waals surface area contributed by atoms with Crippen LogP contribution >= 0.6 is 0 Å². The van der Waals surface area contributed by atoms with Crippen molar-refractivity contribution in [2.75, 3.05) is 10.6 Å². The van der Waals surface area contributed by atoms with Crippen LogP contribution in [-0.2, 0) is 0 Å². The first-order chi connectivity index (χ1) is 9.28. The SMILES string of the molecule is C=CCC1(CC=C)Nc2ccc3ccccc3c2N1. The van der Waals surface area contributed by atoms with E-state index in [1.165, 1.54) is 16.5 Å². The Morgan fingerprint density at radius 1 is 0.947 bits per heavy atom. The Labute approximate surface area is 113 Å². The van der Waals surface area contributed by atoms with Crippen molar-refractivity contribution in [2.24, 2.45) is 0 Å². The summed E-state index contributed by atoms with van der Waals surface area (Å²) in [6.45, 7) is 7.72. The maximum atomic E-state index is 3.86. The summed E-state index contributed by atoms with van der Waals surface area (Å²) in [7, 11) is 0. The molecule has 0 saturated heterocycles. The summed E-state index contributed by atoms with van der Waals surface area (Å²) in [5, 5.41) is 9.73. The number of hydrogen-bond acceptors (Lipinski definition) is 2. The van der Waals surface area contributed by atoms with Gasteiger partial charge in [-0.05, 0) is 11.5 Å². The van der Waals surface area contributed by atoms with Gasteiger partial charge in [-0.15, -0.1) is 13.2 Å². The summed E-state index contributed by atoms with van der Waals surface area (Å²) in [6, 6.07) is 12.7. The van der Waals surface area contributed by atoms with Crippen molar-refractivity contribution < 1.29 is 0 Å². The zero-order valence-electron chi connectivity index (χ0n) is 10.9. The average Bonchev–Trinajstić information content (AvgIpc) is 2.78. The third-order valence-electron chi connectivity index (χ3n) is 3.65. The maximum absolute atomic E-state index is 3.86. The second-order valence-corrected chi connectivity index (χ2v) is 5.03. The van der Waals surface area contributed by atoms with Gasteiger partial charge < -0.3 is 10.6 Å². The number of nitrogens with one attached hydrogen (secondary N) is 2. The molecule has 0 aromatic heterocycles. The Bertz CT molecular complexity index is 633. The van der Waals surface area contributed by atoms with E-state index in [1.54, 1.807) is 0 Å². The molecule has 0 atom stereocenters. The first kappa shape index (κ1) is 11.8. The highest BCUT2D eigenvalue weighted by Gasteiger charge is 2.34. The number of hydrogen-bond donors (Lipinski definition) is 2. The van der Waals surface area contributed by atoms with Gasteiger partial charge in [0.2, 0.25) is 0 Å². The fourth-order valence-electron chi connectivity index (χ4n) is 2.82. The standard InChI is InChI=1S/C17H18N2/c1-3-11-17(12-4-2)18-15-10-9-13-7-5-6-8-14(13)16(15)19-17/h3-10,18-19H,1-2,11-12H2. The van der Waals surface area contributed by atoms with E-state index >= 15 is 0 Å². The first-order valence-electron chi connectivity index (χ1n) is 6.58. The smallest absolute Gasteiger partial charge is 0.115 e. The van der Waals surface area contributed by atoms with Crippen molar-refractivity contribution >= 4 is 22.1 Å². The van der Waals surface area contributed by atoms with Crippen LogP contribution in [0.4, 0.5) is 11.4 Å². The van der Waals surface area contributed by atoms with Crippen LogP contribution < -0.4 is 10.6 Å². The van der Waals surface area contributed by atoms with Gasteiger partial charge in [-0.2, -0.15) is 0 Å². The van der Waals surface area contributed by atoms with Gasteiger partial charge >= 0.3 is 0 Å². The highest BCUT2D eigenvalue weighted by Crippen LogP contribution is 2.42. The molecule has 0 fully saturated rings. The fourth-order valence-corrected chi connectivity index (χ4v) is 2.82. The molecule has 0 bridgehead atoms. The average molecular weight is 250 g/mol. The van der Waals surface area contributed by atoms with Gasteiger partial charge in [-0.1, -0.05) is 42.5 Å².